The van der Waals surface area contributed by atoms with Crippen LogP contribution >= 0.6 is 11.6 Å². The Morgan fingerprint density at radius 1 is 1.09 bits per heavy atom. The maximum atomic E-state index is 13.5. The van der Waals surface area contributed by atoms with Gasteiger partial charge in [-0.05, 0) is 17.7 Å². The molecule has 1 fully saturated rings. The molecule has 0 saturated carbocycles. The van der Waals surface area contributed by atoms with Crippen LogP contribution in [0.15, 0.2) is 54.6 Å². The molecule has 2 aromatic rings. The van der Waals surface area contributed by atoms with E-state index >= 15 is 0 Å². The summed E-state index contributed by atoms with van der Waals surface area (Å²) in [5.41, 5.74) is -2.56. The van der Waals surface area contributed by atoms with Gasteiger partial charge in [0.1, 0.15) is 0 Å². The van der Waals surface area contributed by atoms with Crippen molar-refractivity contribution in [3.05, 3.63) is 70.7 Å². The minimum Gasteiger partial charge on any atom is -0.343 e. The van der Waals surface area contributed by atoms with Crippen LogP contribution in [0, 0.1) is 0 Å². The number of epoxide rings is 1. The fourth-order valence-electron chi connectivity index (χ4n) is 2.47. The zero-order valence-electron chi connectivity index (χ0n) is 11.1. The molecule has 1 heterocycles. The van der Waals surface area contributed by atoms with Gasteiger partial charge in [0.05, 0.1) is 0 Å². The maximum absolute atomic E-state index is 13.5. The Hall–Kier alpha value is -1.85. The standard InChI is InChI=1S/C16H10ClF3O2/c17-12-8-4-5-10(9-12)13(21)14-15(22-14,16(18,19)20)11-6-2-1-3-7-11/h1-9,14H/t14-,15+/m1/s1. The van der Waals surface area contributed by atoms with Gasteiger partial charge >= 0.3 is 6.18 Å². The van der Waals surface area contributed by atoms with Crippen LogP contribution in [0.4, 0.5) is 13.2 Å². The molecule has 2 nitrogen and oxygen atoms in total. The van der Waals surface area contributed by atoms with Crippen molar-refractivity contribution >= 4 is 17.4 Å². The molecule has 1 aliphatic rings. The molecule has 0 spiro atoms. The second-order valence-corrected chi connectivity index (χ2v) is 5.41. The molecule has 6 heteroatoms. The first-order valence-electron chi connectivity index (χ1n) is 6.46. The summed E-state index contributed by atoms with van der Waals surface area (Å²) >= 11 is 5.78. The van der Waals surface area contributed by atoms with Crippen molar-refractivity contribution in [1.29, 1.82) is 0 Å². The Balaban J connectivity index is 1.98. The zero-order chi connectivity index (χ0) is 16.0. The third kappa shape index (κ3) is 2.30. The van der Waals surface area contributed by atoms with E-state index < -0.39 is 23.7 Å². The summed E-state index contributed by atoms with van der Waals surface area (Å²) < 4.78 is 45.3. The van der Waals surface area contributed by atoms with Crippen LogP contribution in [0.2, 0.25) is 5.02 Å². The fraction of sp³-hybridized carbons (Fsp3) is 0.188. The summed E-state index contributed by atoms with van der Waals surface area (Å²) in [6.07, 6.45) is -6.28. The van der Waals surface area contributed by atoms with Crippen molar-refractivity contribution in [2.75, 3.05) is 0 Å². The van der Waals surface area contributed by atoms with E-state index in [0.29, 0.717) is 0 Å². The van der Waals surface area contributed by atoms with Gasteiger partial charge in [-0.25, -0.2) is 0 Å². The molecule has 0 amide bonds. The molecule has 0 radical (unpaired) electrons. The first kappa shape index (κ1) is 15.1. The summed E-state index contributed by atoms with van der Waals surface area (Å²) in [4.78, 5) is 12.3. The monoisotopic (exact) mass is 326 g/mol. The van der Waals surface area contributed by atoms with E-state index in [9.17, 15) is 18.0 Å². The fourth-order valence-corrected chi connectivity index (χ4v) is 2.66. The number of hydrogen-bond acceptors (Lipinski definition) is 2. The largest absolute Gasteiger partial charge is 0.424 e. The Kier molecular flexibility index (Phi) is 3.50. The van der Waals surface area contributed by atoms with E-state index in [1.807, 2.05) is 0 Å². The molecule has 0 unspecified atom stereocenters. The number of Topliss-reactive ketones (excluding diaryl/α,β-unsaturated/α-hetero) is 1. The lowest BCUT2D eigenvalue weighted by atomic mass is 9.91. The van der Waals surface area contributed by atoms with E-state index in [-0.39, 0.29) is 16.1 Å². The first-order valence-corrected chi connectivity index (χ1v) is 6.84. The van der Waals surface area contributed by atoms with Crippen LogP contribution in [0.25, 0.3) is 0 Å². The lowest BCUT2D eigenvalue weighted by Crippen LogP contribution is -2.35. The van der Waals surface area contributed by atoms with Gasteiger partial charge in [0.25, 0.3) is 0 Å². The van der Waals surface area contributed by atoms with E-state index in [0.717, 1.165) is 0 Å². The topological polar surface area (TPSA) is 29.6 Å². The van der Waals surface area contributed by atoms with Gasteiger partial charge in [-0.1, -0.05) is 54.1 Å². The van der Waals surface area contributed by atoms with Crippen LogP contribution in [0.5, 0.6) is 0 Å². The zero-order valence-corrected chi connectivity index (χ0v) is 11.9. The van der Waals surface area contributed by atoms with Crippen molar-refractivity contribution in [3.63, 3.8) is 0 Å². The minimum absolute atomic E-state index is 0.0807. The third-order valence-electron chi connectivity index (χ3n) is 3.59. The summed E-state index contributed by atoms with van der Waals surface area (Å²) in [6, 6.07) is 13.0. The van der Waals surface area contributed by atoms with Gasteiger partial charge in [0, 0.05) is 10.6 Å². The quantitative estimate of drug-likeness (QED) is 0.619. The highest BCUT2D eigenvalue weighted by atomic mass is 35.5. The summed E-state index contributed by atoms with van der Waals surface area (Å²) in [7, 11) is 0. The molecule has 0 bridgehead atoms. The van der Waals surface area contributed by atoms with Crippen molar-refractivity contribution < 1.29 is 22.7 Å². The van der Waals surface area contributed by atoms with Gasteiger partial charge < -0.3 is 4.74 Å². The highest BCUT2D eigenvalue weighted by Gasteiger charge is 2.76. The molecular formula is C16H10ClF3O2. The predicted molar refractivity (Wildman–Crippen MR) is 74.8 cm³/mol. The molecule has 114 valence electrons. The number of benzene rings is 2. The van der Waals surface area contributed by atoms with Crippen molar-refractivity contribution in [2.45, 2.75) is 17.9 Å². The van der Waals surface area contributed by atoms with Crippen molar-refractivity contribution in [2.24, 2.45) is 0 Å². The number of ether oxygens (including phenoxy) is 1. The lowest BCUT2D eigenvalue weighted by molar-refractivity contribution is -0.187. The molecular weight excluding hydrogens is 317 g/mol. The third-order valence-corrected chi connectivity index (χ3v) is 3.82. The smallest absolute Gasteiger partial charge is 0.343 e. The summed E-state index contributed by atoms with van der Waals surface area (Å²) in [5.74, 6) is -0.733. The molecule has 1 saturated heterocycles. The Morgan fingerprint density at radius 2 is 1.77 bits per heavy atom. The minimum atomic E-state index is -4.69. The SMILES string of the molecule is O=C(c1cccc(Cl)c1)[C@H]1O[C@]1(c1ccccc1)C(F)(F)F. The first-order chi connectivity index (χ1) is 10.4. The maximum Gasteiger partial charge on any atom is 0.424 e. The molecule has 1 aliphatic heterocycles. The Morgan fingerprint density at radius 3 is 2.36 bits per heavy atom. The molecule has 3 rings (SSSR count). The van der Waals surface area contributed by atoms with Crippen LogP contribution in [-0.4, -0.2) is 18.1 Å². The van der Waals surface area contributed by atoms with E-state index in [1.165, 1.54) is 42.5 Å². The summed E-state index contributed by atoms with van der Waals surface area (Å²) in [6.45, 7) is 0. The lowest BCUT2D eigenvalue weighted by Gasteiger charge is -2.17. The van der Waals surface area contributed by atoms with E-state index in [4.69, 9.17) is 16.3 Å². The molecule has 2 atom stereocenters. The number of ketones is 1. The molecule has 2 aromatic carbocycles. The number of carbonyl (C=O) groups excluding carboxylic acids is 1. The average Bonchev–Trinajstić information content (AvgIpc) is 3.24. The van der Waals surface area contributed by atoms with Crippen LogP contribution in [0.3, 0.4) is 0 Å². The highest BCUT2D eigenvalue weighted by molar-refractivity contribution is 6.31. The van der Waals surface area contributed by atoms with E-state index in [2.05, 4.69) is 0 Å². The number of halogens is 4. The van der Waals surface area contributed by atoms with Gasteiger partial charge in [-0.3, -0.25) is 4.79 Å². The summed E-state index contributed by atoms with van der Waals surface area (Å²) in [5, 5.41) is 0.281. The predicted octanol–water partition coefficient (Wildman–Crippen LogP) is 4.38. The molecule has 22 heavy (non-hydrogen) atoms. The number of hydrogen-bond donors (Lipinski definition) is 0. The van der Waals surface area contributed by atoms with Gasteiger partial charge in [-0.15, -0.1) is 0 Å². The highest BCUT2D eigenvalue weighted by Crippen LogP contribution is 2.58. The van der Waals surface area contributed by atoms with Gasteiger partial charge in [0.15, 0.2) is 11.9 Å². The Labute approximate surface area is 129 Å². The van der Waals surface area contributed by atoms with Gasteiger partial charge in [-0.2, -0.15) is 13.2 Å². The number of alkyl halides is 3. The molecule has 0 aliphatic carbocycles. The molecule has 0 N–H and O–H groups in total. The van der Waals surface area contributed by atoms with Gasteiger partial charge in [0.2, 0.25) is 5.60 Å². The second-order valence-electron chi connectivity index (χ2n) is 4.97. The van der Waals surface area contributed by atoms with Crippen LogP contribution in [-0.2, 0) is 10.3 Å². The molecule has 0 aromatic heterocycles. The van der Waals surface area contributed by atoms with Crippen LogP contribution < -0.4 is 0 Å². The van der Waals surface area contributed by atoms with Crippen molar-refractivity contribution in [1.82, 2.24) is 0 Å². The second kappa shape index (κ2) is 5.11. The van der Waals surface area contributed by atoms with E-state index in [1.54, 1.807) is 12.1 Å². The number of carbonyl (C=O) groups is 1. The average molecular weight is 327 g/mol. The Bertz CT molecular complexity index is 715. The number of rotatable bonds is 3. The van der Waals surface area contributed by atoms with Crippen molar-refractivity contribution in [3.8, 4) is 0 Å². The van der Waals surface area contributed by atoms with Crippen LogP contribution in [0.1, 0.15) is 15.9 Å². The normalized spacial score (nSPS) is 24.1.